The molecule has 2 aromatic carbocycles. The van der Waals surface area contributed by atoms with Crippen molar-refractivity contribution in [1.82, 2.24) is 15.1 Å². The summed E-state index contributed by atoms with van der Waals surface area (Å²) in [5.41, 5.74) is 1.04. The Morgan fingerprint density at radius 2 is 1.53 bits per heavy atom. The molecule has 1 N–H and O–H groups in total. The Morgan fingerprint density at radius 3 is 2.11 bits per heavy atom. The van der Waals surface area contributed by atoms with Gasteiger partial charge in [-0.2, -0.15) is 13.9 Å². The van der Waals surface area contributed by atoms with Gasteiger partial charge in [0.2, 0.25) is 17.5 Å². The lowest BCUT2D eigenvalue weighted by atomic mass is 9.82. The molecule has 1 heterocycles. The maximum absolute atomic E-state index is 14.1. The minimum absolute atomic E-state index is 0.0255. The van der Waals surface area contributed by atoms with Gasteiger partial charge in [0, 0.05) is 18.1 Å². The molecular weight excluding hydrogens is 622 g/mol. The van der Waals surface area contributed by atoms with E-state index in [4.69, 9.17) is 9.47 Å². The van der Waals surface area contributed by atoms with Crippen LogP contribution in [0.5, 0.6) is 5.75 Å². The van der Waals surface area contributed by atoms with Crippen molar-refractivity contribution in [2.45, 2.75) is 91.3 Å². The Kier molecular flexibility index (Phi) is 11.4. The summed E-state index contributed by atoms with van der Waals surface area (Å²) in [4.78, 5) is 52.8. The molecule has 0 fully saturated rings. The molecule has 0 aliphatic heterocycles. The predicted octanol–water partition coefficient (Wildman–Crippen LogP) is 5.42. The molecule has 0 spiro atoms. The van der Waals surface area contributed by atoms with Crippen LogP contribution < -0.4 is 15.6 Å². The summed E-state index contributed by atoms with van der Waals surface area (Å²) in [7, 11) is 0. The average molecular weight is 662 g/mol. The number of hydrogen-bond donors (Lipinski definition) is 1. The van der Waals surface area contributed by atoms with Gasteiger partial charge in [0.25, 0.3) is 5.56 Å². The molecule has 0 radical (unpaired) electrons. The van der Waals surface area contributed by atoms with Crippen molar-refractivity contribution in [3.63, 3.8) is 0 Å². The van der Waals surface area contributed by atoms with E-state index in [0.29, 0.717) is 11.3 Å². The van der Waals surface area contributed by atoms with Crippen LogP contribution in [-0.2, 0) is 31.0 Å². The van der Waals surface area contributed by atoms with E-state index in [-0.39, 0.29) is 17.9 Å². The highest BCUT2D eigenvalue weighted by molar-refractivity contribution is 5.93. The number of halogens is 4. The lowest BCUT2D eigenvalue weighted by Gasteiger charge is -2.24. The Balaban J connectivity index is 1.90. The second kappa shape index (κ2) is 14.5. The quantitative estimate of drug-likeness (QED) is 0.166. The van der Waals surface area contributed by atoms with E-state index in [1.165, 1.54) is 6.92 Å². The van der Waals surface area contributed by atoms with E-state index in [1.54, 1.807) is 33.8 Å². The summed E-state index contributed by atoms with van der Waals surface area (Å²) in [6.07, 6.45) is -0.472. The molecule has 0 aliphatic rings. The SMILES string of the molecule is Cc1cc(Cc2ccccc2C(C)(C)C)c(=O)n([C@@H](C)C(=O)NC(CC(=O)OC(C)(C)C)C(=O)COc2c(F)c(F)cc(F)c2F)n1. The molecule has 3 rings (SSSR count). The van der Waals surface area contributed by atoms with Crippen molar-refractivity contribution in [3.05, 3.63) is 92.4 Å². The van der Waals surface area contributed by atoms with Crippen LogP contribution in [0.25, 0.3) is 0 Å². The minimum Gasteiger partial charge on any atom is -0.479 e. The Hall–Kier alpha value is -4.55. The molecule has 1 aromatic heterocycles. The first-order chi connectivity index (χ1) is 21.7. The molecule has 9 nitrogen and oxygen atoms in total. The number of ketones is 1. The monoisotopic (exact) mass is 661 g/mol. The van der Waals surface area contributed by atoms with Gasteiger partial charge in [-0.3, -0.25) is 19.2 Å². The van der Waals surface area contributed by atoms with Crippen LogP contribution in [0, 0.1) is 30.2 Å². The number of Topliss-reactive ketones (excluding diaryl/α,β-unsaturated/α-hetero) is 1. The lowest BCUT2D eigenvalue weighted by molar-refractivity contribution is -0.156. The van der Waals surface area contributed by atoms with E-state index in [0.717, 1.165) is 15.8 Å². The fourth-order valence-electron chi connectivity index (χ4n) is 4.83. The summed E-state index contributed by atoms with van der Waals surface area (Å²) in [5, 5.41) is 6.59. The molecule has 13 heteroatoms. The first kappa shape index (κ1) is 36.9. The minimum atomic E-state index is -1.87. The predicted molar refractivity (Wildman–Crippen MR) is 165 cm³/mol. The number of ether oxygens (including phenoxy) is 2. The highest BCUT2D eigenvalue weighted by Crippen LogP contribution is 2.28. The maximum atomic E-state index is 14.1. The smallest absolute Gasteiger partial charge is 0.308 e. The zero-order chi connectivity index (χ0) is 35.4. The summed E-state index contributed by atoms with van der Waals surface area (Å²) in [5.74, 6) is -11.6. The van der Waals surface area contributed by atoms with E-state index in [1.807, 2.05) is 24.3 Å². The van der Waals surface area contributed by atoms with Gasteiger partial charge in [0.1, 0.15) is 24.3 Å². The van der Waals surface area contributed by atoms with Crippen molar-refractivity contribution >= 4 is 17.7 Å². The number of carbonyl (C=O) groups is 3. The molecule has 0 saturated heterocycles. The third-order valence-corrected chi connectivity index (χ3v) is 7.01. The second-order valence-corrected chi connectivity index (χ2v) is 13.2. The van der Waals surface area contributed by atoms with Gasteiger partial charge in [-0.1, -0.05) is 45.0 Å². The van der Waals surface area contributed by atoms with Crippen LogP contribution in [0.3, 0.4) is 0 Å². The third kappa shape index (κ3) is 9.49. The van der Waals surface area contributed by atoms with Crippen molar-refractivity contribution in [2.75, 3.05) is 6.61 Å². The topological polar surface area (TPSA) is 117 Å². The summed E-state index contributed by atoms with van der Waals surface area (Å²) >= 11 is 0. The number of hydrogen-bond acceptors (Lipinski definition) is 7. The van der Waals surface area contributed by atoms with Crippen molar-refractivity contribution < 1.29 is 41.4 Å². The molecule has 3 aromatic rings. The highest BCUT2D eigenvalue weighted by Gasteiger charge is 2.31. The molecule has 1 amide bonds. The molecule has 2 atom stereocenters. The summed E-state index contributed by atoms with van der Waals surface area (Å²) in [6.45, 7) is 12.7. The maximum Gasteiger partial charge on any atom is 0.308 e. The molecule has 254 valence electrons. The van der Waals surface area contributed by atoms with Gasteiger partial charge in [0.05, 0.1) is 12.1 Å². The lowest BCUT2D eigenvalue weighted by Crippen LogP contribution is -2.48. The zero-order valence-corrected chi connectivity index (χ0v) is 27.6. The molecule has 0 aliphatic carbocycles. The first-order valence-electron chi connectivity index (χ1n) is 14.9. The number of aryl methyl sites for hydroxylation is 1. The van der Waals surface area contributed by atoms with E-state index in [9.17, 15) is 36.7 Å². The third-order valence-electron chi connectivity index (χ3n) is 7.01. The van der Waals surface area contributed by atoms with Gasteiger partial charge < -0.3 is 14.8 Å². The summed E-state index contributed by atoms with van der Waals surface area (Å²) in [6, 6.07) is 6.31. The van der Waals surface area contributed by atoms with Gasteiger partial charge in [-0.15, -0.1) is 0 Å². The van der Waals surface area contributed by atoms with E-state index >= 15 is 0 Å². The second-order valence-electron chi connectivity index (χ2n) is 13.2. The van der Waals surface area contributed by atoms with Crippen LogP contribution >= 0.6 is 0 Å². The molecule has 47 heavy (non-hydrogen) atoms. The number of benzene rings is 2. The van der Waals surface area contributed by atoms with Gasteiger partial charge >= 0.3 is 5.97 Å². The van der Waals surface area contributed by atoms with Gasteiger partial charge in [-0.25, -0.2) is 13.5 Å². The van der Waals surface area contributed by atoms with Crippen molar-refractivity contribution in [2.24, 2.45) is 0 Å². The first-order valence-corrected chi connectivity index (χ1v) is 14.9. The Bertz CT molecular complexity index is 1700. The van der Waals surface area contributed by atoms with E-state index in [2.05, 4.69) is 31.2 Å². The average Bonchev–Trinajstić information content (AvgIpc) is 2.95. The molecule has 0 bridgehead atoms. The van der Waals surface area contributed by atoms with Gasteiger partial charge in [0.15, 0.2) is 23.2 Å². The number of amides is 1. The number of esters is 1. The van der Waals surface area contributed by atoms with E-state index < -0.39 is 82.9 Å². The molecule has 0 saturated carbocycles. The Morgan fingerprint density at radius 1 is 0.936 bits per heavy atom. The molecule has 1 unspecified atom stereocenters. The van der Waals surface area contributed by atoms with Crippen LogP contribution in [0.4, 0.5) is 17.6 Å². The molecular formula is C34H39F4N3O6. The van der Waals surface area contributed by atoms with Crippen LogP contribution in [0.15, 0.2) is 41.2 Å². The van der Waals surface area contributed by atoms with Crippen LogP contribution in [0.2, 0.25) is 0 Å². The fourth-order valence-corrected chi connectivity index (χ4v) is 4.83. The fraction of sp³-hybridized carbons (Fsp3) is 0.441. The van der Waals surface area contributed by atoms with Crippen molar-refractivity contribution in [3.8, 4) is 5.75 Å². The normalized spacial score (nSPS) is 13.1. The summed E-state index contributed by atoms with van der Waals surface area (Å²) < 4.78 is 66.5. The number of nitrogens with zero attached hydrogens (tertiary/aromatic N) is 2. The van der Waals surface area contributed by atoms with Crippen LogP contribution in [-0.4, -0.2) is 45.7 Å². The largest absolute Gasteiger partial charge is 0.479 e. The highest BCUT2D eigenvalue weighted by atomic mass is 19.2. The number of carbonyl (C=O) groups excluding carboxylic acids is 3. The number of aromatic nitrogens is 2. The number of nitrogens with one attached hydrogen (secondary N) is 1. The van der Waals surface area contributed by atoms with Gasteiger partial charge in [-0.05, 0) is 57.2 Å². The number of rotatable bonds is 11. The Labute approximate surface area is 270 Å². The standard InChI is InChI=1S/C34H39F4N3O6/c1-18-13-21(14-20-11-9-10-12-22(20)33(3,4)5)32(45)41(40-18)19(2)31(44)39-25(16-27(43)47-34(6,7)8)26(42)17-46-30-28(37)23(35)15-24(36)29(30)38/h9-13,15,19,25H,14,16-17H2,1-8H3,(H,39,44)/t19-,25?/m0/s1. The van der Waals surface area contributed by atoms with Crippen molar-refractivity contribution in [1.29, 1.82) is 0 Å². The zero-order valence-electron chi connectivity index (χ0n) is 27.6. The van der Waals surface area contributed by atoms with Crippen LogP contribution in [0.1, 0.15) is 83.3 Å².